The van der Waals surface area contributed by atoms with E-state index in [9.17, 15) is 9.13 Å². The second-order valence-corrected chi connectivity index (χ2v) is 10.5. The van der Waals surface area contributed by atoms with Crippen molar-refractivity contribution >= 4 is 15.1 Å². The maximum atomic E-state index is 13.1. The molecule has 5 heteroatoms. The summed E-state index contributed by atoms with van der Waals surface area (Å²) in [5.74, 6) is 2.23. The van der Waals surface area contributed by atoms with Crippen LogP contribution in [-0.4, -0.2) is 35.7 Å². The lowest BCUT2D eigenvalue weighted by atomic mass is 9.85. The number of fused-ring (bicyclic) bond motifs is 5. The topological polar surface area (TPSA) is 37.4 Å². The third-order valence-corrected chi connectivity index (χ3v) is 10.6. The molecule has 0 spiro atoms. The first-order chi connectivity index (χ1) is 7.88. The zero-order valence-corrected chi connectivity index (χ0v) is 12.4. The van der Waals surface area contributed by atoms with Crippen LogP contribution in [0.4, 0.5) is 0 Å². The molecule has 0 aromatic carbocycles. The number of rotatable bonds is 1. The van der Waals surface area contributed by atoms with Gasteiger partial charge in [0.2, 0.25) is 0 Å². The van der Waals surface area contributed by atoms with E-state index in [0.717, 1.165) is 0 Å². The van der Waals surface area contributed by atoms with Crippen molar-refractivity contribution in [2.45, 2.75) is 30.8 Å². The highest BCUT2D eigenvalue weighted by atomic mass is 31.2. The van der Waals surface area contributed by atoms with Crippen molar-refractivity contribution in [1.29, 1.82) is 0 Å². The van der Waals surface area contributed by atoms with E-state index in [4.69, 9.17) is 0 Å². The summed E-state index contributed by atoms with van der Waals surface area (Å²) >= 11 is 0. The van der Waals surface area contributed by atoms with Crippen molar-refractivity contribution in [2.75, 3.05) is 14.1 Å². The Morgan fingerprint density at radius 2 is 1.94 bits per heavy atom. The normalized spacial score (nSPS) is 49.6. The third kappa shape index (κ3) is 1.26. The molecule has 1 saturated heterocycles. The van der Waals surface area contributed by atoms with E-state index in [0.29, 0.717) is 0 Å². The molecule has 3 nitrogen and oxygen atoms in total. The minimum atomic E-state index is -2.47. The van der Waals surface area contributed by atoms with Crippen LogP contribution in [0.5, 0.6) is 0 Å². The molecular formula is C12H18NO2P2+. The molecular weight excluding hydrogens is 252 g/mol. The highest BCUT2D eigenvalue weighted by Gasteiger charge is 2.70. The first-order valence-corrected chi connectivity index (χ1v) is 9.18. The molecule has 17 heavy (non-hydrogen) atoms. The molecule has 0 aromatic rings. The lowest BCUT2D eigenvalue weighted by molar-refractivity contribution is 0.493. The van der Waals surface area contributed by atoms with Crippen molar-refractivity contribution in [3.63, 3.8) is 0 Å². The van der Waals surface area contributed by atoms with Crippen molar-refractivity contribution in [3.05, 3.63) is 23.0 Å². The van der Waals surface area contributed by atoms with Gasteiger partial charge in [-0.1, -0.05) is 10.1 Å². The summed E-state index contributed by atoms with van der Waals surface area (Å²) in [5.41, 5.74) is 2.72. The minimum absolute atomic E-state index is 0.0435. The molecule has 0 N–H and O–H groups in total. The molecule has 3 aliphatic rings. The molecule has 6 atom stereocenters. The fraction of sp³-hybridized carbons (Fsp3) is 0.667. The standard InChI is InChI=1S/C12H18NO2P2/c1-7-5-9-12-10(11(7)16(9)14)8(2)6-17(12,15)13(3)4/h5-6,9-12H,1-4H3/q+1/t9-,10-,11+,12+,17?/m0/s1. The molecule has 2 unspecified atom stereocenters. The van der Waals surface area contributed by atoms with Crippen molar-refractivity contribution < 1.29 is 9.13 Å². The molecule has 2 bridgehead atoms. The van der Waals surface area contributed by atoms with Gasteiger partial charge in [-0.15, -0.1) is 0 Å². The van der Waals surface area contributed by atoms with Gasteiger partial charge >= 0.3 is 7.80 Å². The maximum absolute atomic E-state index is 13.1. The van der Waals surface area contributed by atoms with Gasteiger partial charge in [-0.25, -0.2) is 0 Å². The molecule has 0 saturated carbocycles. The van der Waals surface area contributed by atoms with Gasteiger partial charge < -0.3 is 4.57 Å². The smallest absolute Gasteiger partial charge is 0.302 e. The molecule has 3 aliphatic heterocycles. The van der Waals surface area contributed by atoms with Crippen LogP contribution in [0.1, 0.15) is 13.8 Å². The lowest BCUT2D eigenvalue weighted by Gasteiger charge is -2.27. The van der Waals surface area contributed by atoms with Crippen LogP contribution in [0.15, 0.2) is 23.0 Å². The molecule has 3 rings (SSSR count). The average Bonchev–Trinajstić information content (AvgIpc) is 2.76. The van der Waals surface area contributed by atoms with Crippen LogP contribution < -0.4 is 0 Å². The number of hydrogen-bond donors (Lipinski definition) is 0. The zero-order valence-electron chi connectivity index (χ0n) is 10.6. The fourth-order valence-electron chi connectivity index (χ4n) is 3.73. The Kier molecular flexibility index (Phi) is 2.37. The van der Waals surface area contributed by atoms with E-state index in [1.165, 1.54) is 11.1 Å². The molecule has 3 heterocycles. The number of hydrogen-bond acceptors (Lipinski definition) is 2. The summed E-state index contributed by atoms with van der Waals surface area (Å²) in [4.78, 5) is 0. The van der Waals surface area contributed by atoms with E-state index in [1.807, 2.05) is 24.6 Å². The molecule has 0 radical (unpaired) electrons. The second kappa shape index (κ2) is 3.41. The summed E-state index contributed by atoms with van der Waals surface area (Å²) in [5, 5.41) is 0. The van der Waals surface area contributed by atoms with Gasteiger partial charge in [-0.05, 0) is 45.4 Å². The van der Waals surface area contributed by atoms with Gasteiger partial charge in [0, 0.05) is 5.92 Å². The molecule has 1 fully saturated rings. The van der Waals surface area contributed by atoms with Crippen LogP contribution in [0, 0.1) is 5.92 Å². The zero-order chi connectivity index (χ0) is 12.5. The fourth-order valence-corrected chi connectivity index (χ4v) is 10.4. The molecule has 0 amide bonds. The Labute approximate surface area is 103 Å². The van der Waals surface area contributed by atoms with Crippen molar-refractivity contribution in [3.8, 4) is 0 Å². The largest absolute Gasteiger partial charge is 0.355 e. The second-order valence-electron chi connectivity index (χ2n) is 5.62. The van der Waals surface area contributed by atoms with Crippen LogP contribution in [0.25, 0.3) is 0 Å². The van der Waals surface area contributed by atoms with Crippen LogP contribution in [0.3, 0.4) is 0 Å². The van der Waals surface area contributed by atoms with Gasteiger partial charge in [0.1, 0.15) is 0 Å². The van der Waals surface area contributed by atoms with Crippen LogP contribution in [-0.2, 0) is 9.13 Å². The third-order valence-electron chi connectivity index (χ3n) is 4.49. The number of nitrogens with zero attached hydrogens (tertiary/aromatic N) is 1. The highest BCUT2D eigenvalue weighted by molar-refractivity contribution is 7.67. The summed E-state index contributed by atoms with van der Waals surface area (Å²) in [7, 11) is 0.0489. The average molecular weight is 270 g/mol. The van der Waals surface area contributed by atoms with Crippen molar-refractivity contribution in [2.24, 2.45) is 5.92 Å². The highest BCUT2D eigenvalue weighted by Crippen LogP contribution is 2.76. The monoisotopic (exact) mass is 270 g/mol. The first-order valence-electron chi connectivity index (χ1n) is 5.98. The van der Waals surface area contributed by atoms with E-state index in [-0.39, 0.29) is 22.9 Å². The predicted molar refractivity (Wildman–Crippen MR) is 71.3 cm³/mol. The predicted octanol–water partition coefficient (Wildman–Crippen LogP) is 3.27. The minimum Gasteiger partial charge on any atom is -0.302 e. The maximum Gasteiger partial charge on any atom is 0.355 e. The summed E-state index contributed by atoms with van der Waals surface area (Å²) in [6.45, 7) is 4.12. The van der Waals surface area contributed by atoms with E-state index in [2.05, 4.69) is 19.9 Å². The molecule has 92 valence electrons. The van der Waals surface area contributed by atoms with Crippen LogP contribution in [0.2, 0.25) is 0 Å². The van der Waals surface area contributed by atoms with Crippen LogP contribution >= 0.6 is 15.1 Å². The van der Waals surface area contributed by atoms with Gasteiger partial charge in [0.15, 0.2) is 18.6 Å². The Morgan fingerprint density at radius 1 is 1.29 bits per heavy atom. The van der Waals surface area contributed by atoms with Gasteiger partial charge in [0.25, 0.3) is 0 Å². The first kappa shape index (κ1) is 11.8. The van der Waals surface area contributed by atoms with E-state index in [1.54, 1.807) is 0 Å². The molecule has 0 aliphatic carbocycles. The van der Waals surface area contributed by atoms with E-state index >= 15 is 0 Å². The Balaban J connectivity index is 2.15. The Hall–Kier alpha value is -0.230. The molecule has 0 aromatic heterocycles. The number of allylic oxidation sites excluding steroid dienone is 3. The summed E-state index contributed by atoms with van der Waals surface area (Å²) < 4.78 is 27.3. The Bertz CT molecular complexity index is 521. The summed E-state index contributed by atoms with van der Waals surface area (Å²) in [6.07, 6.45) is 2.12. The quantitative estimate of drug-likeness (QED) is 0.542. The van der Waals surface area contributed by atoms with Gasteiger partial charge in [-0.3, -0.25) is 4.67 Å². The lowest BCUT2D eigenvalue weighted by Crippen LogP contribution is -2.31. The SMILES string of the molecule is CC1=CP(=O)(N(C)C)[C@H]2[C@@H]1[C@H]1C(C)=C[C@@H]2[P+]1=O. The van der Waals surface area contributed by atoms with Gasteiger partial charge in [0.05, 0.1) is 5.66 Å². The summed E-state index contributed by atoms with van der Waals surface area (Å²) in [6, 6.07) is 0. The van der Waals surface area contributed by atoms with Crippen molar-refractivity contribution in [1.82, 2.24) is 4.67 Å². The van der Waals surface area contributed by atoms with E-state index < -0.39 is 15.1 Å². The Morgan fingerprint density at radius 3 is 2.53 bits per heavy atom. The van der Waals surface area contributed by atoms with Gasteiger partial charge in [-0.2, -0.15) is 0 Å².